The largest absolute Gasteiger partial charge is 0.382 e. The van der Waals surface area contributed by atoms with Gasteiger partial charge in [-0.3, -0.25) is 0 Å². The van der Waals surface area contributed by atoms with E-state index in [0.717, 1.165) is 19.7 Å². The van der Waals surface area contributed by atoms with Crippen molar-refractivity contribution < 1.29 is 4.74 Å². The number of fused-ring (bicyclic) bond motifs is 1. The minimum Gasteiger partial charge on any atom is -0.382 e. The molecule has 0 spiro atoms. The first-order valence-electron chi connectivity index (χ1n) is 7.32. The number of hydrogen-bond acceptors (Lipinski definition) is 3. The summed E-state index contributed by atoms with van der Waals surface area (Å²) >= 11 is 0. The van der Waals surface area contributed by atoms with E-state index in [4.69, 9.17) is 4.74 Å². The predicted molar refractivity (Wildman–Crippen MR) is 80.1 cm³/mol. The highest BCUT2D eigenvalue weighted by Gasteiger charge is 2.27. The van der Waals surface area contributed by atoms with Gasteiger partial charge in [0, 0.05) is 30.5 Å². The number of anilines is 2. The summed E-state index contributed by atoms with van der Waals surface area (Å²) in [6.45, 7) is 9.37. The molecule has 0 bridgehead atoms. The van der Waals surface area contributed by atoms with Crippen LogP contribution in [0.2, 0.25) is 0 Å². The smallest absolute Gasteiger partial charge is 0.0801 e. The molecule has 1 aromatic carbocycles. The van der Waals surface area contributed by atoms with Crippen LogP contribution in [0.5, 0.6) is 0 Å². The molecular formula is C16H24N2O. The van der Waals surface area contributed by atoms with Crippen molar-refractivity contribution in [3.05, 3.63) is 23.8 Å². The van der Waals surface area contributed by atoms with Crippen LogP contribution in [0.1, 0.15) is 32.8 Å². The number of nitrogens with zero attached hydrogens (tertiary/aromatic N) is 1. The van der Waals surface area contributed by atoms with Gasteiger partial charge in [0.25, 0.3) is 0 Å². The molecule has 0 saturated carbocycles. The van der Waals surface area contributed by atoms with E-state index in [2.05, 4.69) is 49.2 Å². The van der Waals surface area contributed by atoms with Gasteiger partial charge < -0.3 is 15.0 Å². The lowest BCUT2D eigenvalue weighted by atomic mass is 9.98. The highest BCUT2D eigenvalue weighted by Crippen LogP contribution is 2.30. The van der Waals surface area contributed by atoms with Crippen LogP contribution >= 0.6 is 0 Å². The highest BCUT2D eigenvalue weighted by molar-refractivity contribution is 5.62. The predicted octanol–water partition coefficient (Wildman–Crippen LogP) is 3.05. The summed E-state index contributed by atoms with van der Waals surface area (Å²) in [5.41, 5.74) is 4.07. The summed E-state index contributed by atoms with van der Waals surface area (Å²) in [7, 11) is 0. The monoisotopic (exact) mass is 260 g/mol. The summed E-state index contributed by atoms with van der Waals surface area (Å²) in [6.07, 6.45) is 2.41. The van der Waals surface area contributed by atoms with Crippen LogP contribution in [0.15, 0.2) is 18.2 Å². The quantitative estimate of drug-likeness (QED) is 0.840. The number of morpholine rings is 1. The van der Waals surface area contributed by atoms with Gasteiger partial charge in [0.1, 0.15) is 0 Å². The second-order valence-electron chi connectivity index (χ2n) is 6.46. The molecule has 2 heterocycles. The molecule has 0 aromatic heterocycles. The van der Waals surface area contributed by atoms with E-state index in [1.54, 1.807) is 0 Å². The molecule has 1 aromatic rings. The van der Waals surface area contributed by atoms with Crippen LogP contribution in [0.4, 0.5) is 11.4 Å². The second kappa shape index (κ2) is 4.71. The summed E-state index contributed by atoms with van der Waals surface area (Å²) in [6, 6.07) is 7.43. The molecule has 3 nitrogen and oxygen atoms in total. The van der Waals surface area contributed by atoms with Gasteiger partial charge in [-0.25, -0.2) is 0 Å². The number of rotatable bonds is 1. The van der Waals surface area contributed by atoms with E-state index in [1.807, 2.05) is 0 Å². The Balaban J connectivity index is 1.82. The molecule has 1 unspecified atom stereocenters. The highest BCUT2D eigenvalue weighted by atomic mass is 16.5. The maximum atomic E-state index is 5.79. The molecule has 2 aliphatic heterocycles. The van der Waals surface area contributed by atoms with Crippen molar-refractivity contribution in [2.45, 2.75) is 45.3 Å². The van der Waals surface area contributed by atoms with Gasteiger partial charge in [-0.05, 0) is 57.4 Å². The molecular weight excluding hydrogens is 236 g/mol. The Morgan fingerprint density at radius 2 is 2.21 bits per heavy atom. The lowest BCUT2D eigenvalue weighted by Gasteiger charge is -2.40. The Hall–Kier alpha value is -1.22. The van der Waals surface area contributed by atoms with E-state index in [1.165, 1.54) is 29.8 Å². The van der Waals surface area contributed by atoms with Crippen LogP contribution in [-0.2, 0) is 11.2 Å². The van der Waals surface area contributed by atoms with Crippen molar-refractivity contribution in [1.82, 2.24) is 0 Å². The summed E-state index contributed by atoms with van der Waals surface area (Å²) < 4.78 is 5.79. The molecule has 0 radical (unpaired) electrons. The van der Waals surface area contributed by atoms with Crippen molar-refractivity contribution >= 4 is 11.4 Å². The Bertz CT molecular complexity index is 470. The Kier molecular flexibility index (Phi) is 3.17. The van der Waals surface area contributed by atoms with E-state index in [-0.39, 0.29) is 5.60 Å². The van der Waals surface area contributed by atoms with Crippen molar-refractivity contribution in [1.29, 1.82) is 0 Å². The van der Waals surface area contributed by atoms with Gasteiger partial charge in [-0.1, -0.05) is 0 Å². The van der Waals surface area contributed by atoms with E-state index in [9.17, 15) is 0 Å². The number of hydrogen-bond donors (Lipinski definition) is 1. The molecule has 1 fully saturated rings. The van der Waals surface area contributed by atoms with Crippen molar-refractivity contribution in [3.8, 4) is 0 Å². The van der Waals surface area contributed by atoms with Crippen LogP contribution in [0.25, 0.3) is 0 Å². The normalized spacial score (nSPS) is 25.6. The summed E-state index contributed by atoms with van der Waals surface area (Å²) in [4.78, 5) is 2.45. The second-order valence-corrected chi connectivity index (χ2v) is 6.46. The lowest BCUT2D eigenvalue weighted by molar-refractivity contribution is -0.0276. The van der Waals surface area contributed by atoms with Gasteiger partial charge in [0.15, 0.2) is 0 Å². The molecule has 1 atom stereocenters. The maximum absolute atomic E-state index is 5.79. The van der Waals surface area contributed by atoms with E-state index in [0.29, 0.717) is 6.04 Å². The van der Waals surface area contributed by atoms with E-state index >= 15 is 0 Å². The molecule has 2 aliphatic rings. The number of benzene rings is 1. The molecule has 104 valence electrons. The first-order valence-corrected chi connectivity index (χ1v) is 7.32. The first-order chi connectivity index (χ1) is 9.03. The van der Waals surface area contributed by atoms with Crippen LogP contribution in [0, 0.1) is 0 Å². The molecule has 19 heavy (non-hydrogen) atoms. The van der Waals surface area contributed by atoms with Crippen molar-refractivity contribution in [2.24, 2.45) is 0 Å². The fourth-order valence-electron chi connectivity index (χ4n) is 3.07. The molecule has 3 heteroatoms. The first kappa shape index (κ1) is 12.8. The summed E-state index contributed by atoms with van der Waals surface area (Å²) in [5, 5.41) is 3.56. The zero-order valence-electron chi connectivity index (χ0n) is 12.2. The Morgan fingerprint density at radius 3 is 3.00 bits per heavy atom. The topological polar surface area (TPSA) is 24.5 Å². The zero-order valence-corrected chi connectivity index (χ0v) is 12.2. The maximum Gasteiger partial charge on any atom is 0.0801 e. The fourth-order valence-corrected chi connectivity index (χ4v) is 3.07. The number of nitrogens with one attached hydrogen (secondary N) is 1. The number of ether oxygens (including phenoxy) is 1. The third-order valence-electron chi connectivity index (χ3n) is 4.13. The lowest BCUT2D eigenvalue weighted by Crippen LogP contribution is -2.48. The van der Waals surface area contributed by atoms with Gasteiger partial charge in [0.05, 0.1) is 12.2 Å². The number of aryl methyl sites for hydroxylation is 1. The van der Waals surface area contributed by atoms with Gasteiger partial charge in [0.2, 0.25) is 0 Å². The molecule has 3 rings (SSSR count). The van der Waals surface area contributed by atoms with Crippen LogP contribution in [0.3, 0.4) is 0 Å². The van der Waals surface area contributed by atoms with Crippen LogP contribution < -0.4 is 10.2 Å². The average molecular weight is 260 g/mol. The SMILES string of the molecule is CC1CCc2cc(N3CCOC(C)(C)C3)ccc2N1. The van der Waals surface area contributed by atoms with Crippen molar-refractivity contribution in [2.75, 3.05) is 29.9 Å². The third-order valence-corrected chi connectivity index (χ3v) is 4.13. The Labute approximate surface area is 115 Å². The zero-order chi connectivity index (χ0) is 13.5. The van der Waals surface area contributed by atoms with Gasteiger partial charge >= 0.3 is 0 Å². The summed E-state index contributed by atoms with van der Waals surface area (Å²) in [5.74, 6) is 0. The van der Waals surface area contributed by atoms with Gasteiger partial charge in [-0.2, -0.15) is 0 Å². The minimum atomic E-state index is -0.0408. The molecule has 0 aliphatic carbocycles. The molecule has 0 amide bonds. The standard InChI is InChI=1S/C16H24N2O/c1-12-4-5-13-10-14(6-7-15(13)17-12)18-8-9-19-16(2,3)11-18/h6-7,10,12,17H,4-5,8-9,11H2,1-3H3. The molecule has 1 N–H and O–H groups in total. The minimum absolute atomic E-state index is 0.0408. The van der Waals surface area contributed by atoms with Crippen molar-refractivity contribution in [3.63, 3.8) is 0 Å². The Morgan fingerprint density at radius 1 is 1.37 bits per heavy atom. The van der Waals surface area contributed by atoms with Crippen LogP contribution in [-0.4, -0.2) is 31.3 Å². The molecule has 1 saturated heterocycles. The van der Waals surface area contributed by atoms with Gasteiger partial charge in [-0.15, -0.1) is 0 Å². The third kappa shape index (κ3) is 2.71. The fraction of sp³-hybridized carbons (Fsp3) is 0.625. The van der Waals surface area contributed by atoms with E-state index < -0.39 is 0 Å². The average Bonchev–Trinajstić information content (AvgIpc) is 2.37.